The Morgan fingerprint density at radius 3 is 3.07 bits per heavy atom. The van der Waals surface area contributed by atoms with E-state index in [2.05, 4.69) is 23.7 Å². The number of nitrogens with one attached hydrogen (secondary N) is 1. The topological polar surface area (TPSA) is 21.3 Å². The van der Waals surface area contributed by atoms with Crippen LogP contribution in [0.5, 0.6) is 0 Å². The van der Waals surface area contributed by atoms with Gasteiger partial charge in [-0.15, -0.1) is 11.3 Å². The molecule has 0 unspecified atom stereocenters. The smallest absolute Gasteiger partial charge is 0.107 e. The fourth-order valence-corrected chi connectivity index (χ4v) is 3.64. The Labute approximate surface area is 94.6 Å². The molecular formula is C12H17NOS. The van der Waals surface area contributed by atoms with Crippen molar-refractivity contribution in [3.8, 4) is 0 Å². The van der Waals surface area contributed by atoms with Crippen molar-refractivity contribution in [2.75, 3.05) is 13.7 Å². The van der Waals surface area contributed by atoms with Gasteiger partial charge in [0.1, 0.15) is 6.10 Å². The average molecular weight is 223 g/mol. The summed E-state index contributed by atoms with van der Waals surface area (Å²) in [6.07, 6.45) is 2.89. The van der Waals surface area contributed by atoms with Gasteiger partial charge in [-0.05, 0) is 43.8 Å². The van der Waals surface area contributed by atoms with E-state index in [1.54, 1.807) is 5.56 Å². The molecule has 1 N–H and O–H groups in total. The van der Waals surface area contributed by atoms with Gasteiger partial charge in [0.25, 0.3) is 0 Å². The summed E-state index contributed by atoms with van der Waals surface area (Å²) >= 11 is 1.85. The molecule has 2 nitrogen and oxygen atoms in total. The highest BCUT2D eigenvalue weighted by atomic mass is 32.1. The van der Waals surface area contributed by atoms with E-state index in [0.717, 1.165) is 6.61 Å². The van der Waals surface area contributed by atoms with Crippen molar-refractivity contribution in [2.24, 2.45) is 0 Å². The van der Waals surface area contributed by atoms with Crippen LogP contribution in [0.15, 0.2) is 11.4 Å². The first-order chi connectivity index (χ1) is 7.27. The number of rotatable bonds is 2. The molecular weight excluding hydrogens is 206 g/mol. The number of likely N-dealkylation sites (N-methyl/N-ethyl adjacent to an activating group) is 1. The van der Waals surface area contributed by atoms with Gasteiger partial charge in [0, 0.05) is 16.3 Å². The van der Waals surface area contributed by atoms with Crippen molar-refractivity contribution < 1.29 is 4.74 Å². The SMILES string of the molecule is CN[C@@H](C)[C@H]1OCC2(CC2)c2ccsc21. The van der Waals surface area contributed by atoms with Gasteiger partial charge in [0.2, 0.25) is 0 Å². The maximum atomic E-state index is 6.04. The molecule has 82 valence electrons. The molecule has 1 aliphatic heterocycles. The Bertz CT molecular complexity index is 369. The molecule has 3 rings (SSSR count). The van der Waals surface area contributed by atoms with Gasteiger partial charge >= 0.3 is 0 Å². The van der Waals surface area contributed by atoms with Crippen LogP contribution in [-0.2, 0) is 10.2 Å². The fraction of sp³-hybridized carbons (Fsp3) is 0.667. The monoisotopic (exact) mass is 223 g/mol. The van der Waals surface area contributed by atoms with Crippen molar-refractivity contribution in [1.82, 2.24) is 5.32 Å². The van der Waals surface area contributed by atoms with Crippen molar-refractivity contribution in [2.45, 2.75) is 37.3 Å². The van der Waals surface area contributed by atoms with Crippen LogP contribution in [0, 0.1) is 0 Å². The van der Waals surface area contributed by atoms with E-state index in [4.69, 9.17) is 4.74 Å². The Balaban J connectivity index is 1.97. The second-order valence-corrected chi connectivity index (χ2v) is 5.74. The second kappa shape index (κ2) is 3.30. The summed E-state index contributed by atoms with van der Waals surface area (Å²) < 4.78 is 6.04. The lowest BCUT2D eigenvalue weighted by molar-refractivity contribution is 0.00593. The van der Waals surface area contributed by atoms with E-state index in [0.29, 0.717) is 11.5 Å². The molecule has 2 heterocycles. The molecule has 2 aliphatic rings. The standard InChI is InChI=1S/C12H17NOS/c1-8(13-2)10-11-9(3-6-15-11)12(4-5-12)7-14-10/h3,6,8,10,13H,4-5,7H2,1-2H3/t8-,10+/m0/s1. The zero-order valence-electron chi connectivity index (χ0n) is 9.25. The molecule has 1 saturated carbocycles. The van der Waals surface area contributed by atoms with Gasteiger partial charge in [-0.25, -0.2) is 0 Å². The predicted octanol–water partition coefficient (Wildman–Crippen LogP) is 2.46. The molecule has 1 aromatic heterocycles. The van der Waals surface area contributed by atoms with Crippen LogP contribution in [0.4, 0.5) is 0 Å². The molecule has 0 saturated heterocycles. The maximum absolute atomic E-state index is 6.04. The second-order valence-electron chi connectivity index (χ2n) is 4.79. The Hall–Kier alpha value is -0.380. The van der Waals surface area contributed by atoms with Crippen molar-refractivity contribution in [1.29, 1.82) is 0 Å². The predicted molar refractivity (Wildman–Crippen MR) is 62.4 cm³/mol. The third kappa shape index (κ3) is 1.37. The lowest BCUT2D eigenvalue weighted by Gasteiger charge is -2.32. The highest BCUT2D eigenvalue weighted by molar-refractivity contribution is 7.10. The van der Waals surface area contributed by atoms with Crippen LogP contribution >= 0.6 is 11.3 Å². The first-order valence-electron chi connectivity index (χ1n) is 5.63. The lowest BCUT2D eigenvalue weighted by atomic mass is 9.91. The van der Waals surface area contributed by atoms with Crippen molar-refractivity contribution >= 4 is 11.3 Å². The maximum Gasteiger partial charge on any atom is 0.107 e. The molecule has 2 atom stereocenters. The van der Waals surface area contributed by atoms with Crippen LogP contribution in [0.25, 0.3) is 0 Å². The molecule has 1 aliphatic carbocycles. The molecule has 1 spiro atoms. The van der Waals surface area contributed by atoms with E-state index in [1.165, 1.54) is 17.7 Å². The van der Waals surface area contributed by atoms with Gasteiger partial charge in [-0.2, -0.15) is 0 Å². The summed E-state index contributed by atoms with van der Waals surface area (Å²) in [5.41, 5.74) is 1.99. The van der Waals surface area contributed by atoms with E-state index < -0.39 is 0 Å². The van der Waals surface area contributed by atoms with Crippen LogP contribution in [0.1, 0.15) is 36.3 Å². The van der Waals surface area contributed by atoms with E-state index in [9.17, 15) is 0 Å². The first kappa shape index (κ1) is 9.82. The summed E-state index contributed by atoms with van der Waals surface area (Å²) in [4.78, 5) is 1.46. The van der Waals surface area contributed by atoms with Gasteiger partial charge < -0.3 is 10.1 Å². The van der Waals surface area contributed by atoms with Crippen LogP contribution < -0.4 is 5.32 Å². The van der Waals surface area contributed by atoms with E-state index in [1.807, 2.05) is 18.4 Å². The Kier molecular flexibility index (Phi) is 2.16. The van der Waals surface area contributed by atoms with Gasteiger partial charge in [-0.3, -0.25) is 0 Å². The van der Waals surface area contributed by atoms with Crippen molar-refractivity contribution in [3.63, 3.8) is 0 Å². The highest BCUT2D eigenvalue weighted by Crippen LogP contribution is 2.55. The zero-order valence-corrected chi connectivity index (χ0v) is 10.1. The number of thiophene rings is 1. The number of ether oxygens (including phenoxy) is 1. The summed E-state index contributed by atoms with van der Waals surface area (Å²) in [5, 5.41) is 5.51. The van der Waals surface area contributed by atoms with E-state index >= 15 is 0 Å². The number of hydrogen-bond donors (Lipinski definition) is 1. The zero-order chi connectivity index (χ0) is 10.5. The number of fused-ring (bicyclic) bond motifs is 2. The molecule has 3 heteroatoms. The quantitative estimate of drug-likeness (QED) is 0.831. The third-order valence-electron chi connectivity index (χ3n) is 3.83. The van der Waals surface area contributed by atoms with Gasteiger partial charge in [0.05, 0.1) is 6.61 Å². The minimum atomic E-state index is 0.260. The fourth-order valence-electron chi connectivity index (χ4n) is 2.47. The minimum Gasteiger partial charge on any atom is -0.370 e. The van der Waals surface area contributed by atoms with E-state index in [-0.39, 0.29) is 6.10 Å². The number of hydrogen-bond acceptors (Lipinski definition) is 3. The summed E-state index contributed by atoms with van der Waals surface area (Å²) in [7, 11) is 2.00. The van der Waals surface area contributed by atoms with Crippen molar-refractivity contribution in [3.05, 3.63) is 21.9 Å². The van der Waals surface area contributed by atoms with Gasteiger partial charge in [-0.1, -0.05) is 0 Å². The Morgan fingerprint density at radius 1 is 1.60 bits per heavy atom. The molecule has 1 aromatic rings. The molecule has 0 aromatic carbocycles. The molecule has 0 bridgehead atoms. The summed E-state index contributed by atoms with van der Waals surface area (Å²) in [6, 6.07) is 2.71. The summed E-state index contributed by atoms with van der Waals surface area (Å²) in [5.74, 6) is 0. The minimum absolute atomic E-state index is 0.260. The van der Waals surface area contributed by atoms with Gasteiger partial charge in [0.15, 0.2) is 0 Å². The lowest BCUT2D eigenvalue weighted by Crippen LogP contribution is -2.36. The van der Waals surface area contributed by atoms with Crippen LogP contribution in [-0.4, -0.2) is 19.7 Å². The average Bonchev–Trinajstić information content (AvgIpc) is 2.85. The largest absolute Gasteiger partial charge is 0.370 e. The third-order valence-corrected chi connectivity index (χ3v) is 4.81. The Morgan fingerprint density at radius 2 is 2.40 bits per heavy atom. The molecule has 0 radical (unpaired) electrons. The molecule has 15 heavy (non-hydrogen) atoms. The molecule has 1 fully saturated rings. The highest BCUT2D eigenvalue weighted by Gasteiger charge is 2.50. The van der Waals surface area contributed by atoms with Crippen LogP contribution in [0.3, 0.4) is 0 Å². The van der Waals surface area contributed by atoms with Crippen LogP contribution in [0.2, 0.25) is 0 Å². The first-order valence-corrected chi connectivity index (χ1v) is 6.51. The summed E-state index contributed by atoms with van der Waals surface area (Å²) in [6.45, 7) is 3.12. The molecule has 0 amide bonds. The normalized spacial score (nSPS) is 28.8.